The highest BCUT2D eigenvalue weighted by Crippen LogP contribution is 2.09. The number of aromatic amines is 1. The molecule has 0 aromatic carbocycles. The van der Waals surface area contributed by atoms with Crippen molar-refractivity contribution in [2.24, 2.45) is 0 Å². The summed E-state index contributed by atoms with van der Waals surface area (Å²) in [6.45, 7) is 3.88. The van der Waals surface area contributed by atoms with Crippen LogP contribution in [0.1, 0.15) is 31.3 Å². The molecule has 1 aromatic rings. The van der Waals surface area contributed by atoms with Crippen molar-refractivity contribution in [3.63, 3.8) is 0 Å². The molecule has 0 spiro atoms. The number of imidazole rings is 1. The van der Waals surface area contributed by atoms with E-state index in [-0.39, 0.29) is 5.92 Å². The van der Waals surface area contributed by atoms with Gasteiger partial charge in [0.15, 0.2) is 0 Å². The number of aryl methyl sites for hydroxylation is 1. The fourth-order valence-electron chi connectivity index (χ4n) is 0.837. The lowest BCUT2D eigenvalue weighted by Crippen LogP contribution is -1.92. The molecule has 1 heterocycles. The van der Waals surface area contributed by atoms with E-state index in [4.69, 9.17) is 5.26 Å². The normalized spacial score (nSPS) is 12.5. The van der Waals surface area contributed by atoms with Crippen molar-refractivity contribution in [3.05, 3.63) is 17.7 Å². The molecular weight excluding hydrogens is 138 g/mol. The molecular formula is C8H11N3. The zero-order valence-electron chi connectivity index (χ0n) is 6.76. The fourth-order valence-corrected chi connectivity index (χ4v) is 0.837. The second-order valence-electron chi connectivity index (χ2n) is 2.50. The first kappa shape index (κ1) is 7.80. The minimum Gasteiger partial charge on any atom is -0.345 e. The molecule has 11 heavy (non-hydrogen) atoms. The number of nitrogens with one attached hydrogen (secondary N) is 1. The van der Waals surface area contributed by atoms with Crippen LogP contribution in [0.15, 0.2) is 6.20 Å². The highest BCUT2D eigenvalue weighted by atomic mass is 14.9. The van der Waals surface area contributed by atoms with Crippen molar-refractivity contribution in [3.8, 4) is 6.07 Å². The molecule has 0 amide bonds. The maximum absolute atomic E-state index is 8.56. The van der Waals surface area contributed by atoms with Crippen LogP contribution in [0.5, 0.6) is 0 Å². The van der Waals surface area contributed by atoms with E-state index in [2.05, 4.69) is 16.0 Å². The average molecular weight is 149 g/mol. The van der Waals surface area contributed by atoms with Crippen LogP contribution < -0.4 is 0 Å². The standard InChI is InChI=1S/C8H11N3/c1-3-7-5-10-8(11-7)6(2)4-9/h5-6H,3H2,1-2H3,(H,10,11). The van der Waals surface area contributed by atoms with Gasteiger partial charge in [0.05, 0.1) is 6.07 Å². The van der Waals surface area contributed by atoms with Crippen molar-refractivity contribution in [2.45, 2.75) is 26.2 Å². The van der Waals surface area contributed by atoms with Crippen molar-refractivity contribution in [1.29, 1.82) is 5.26 Å². The summed E-state index contributed by atoms with van der Waals surface area (Å²) in [5.41, 5.74) is 1.09. The van der Waals surface area contributed by atoms with Crippen LogP contribution >= 0.6 is 0 Å². The van der Waals surface area contributed by atoms with E-state index in [1.54, 1.807) is 6.20 Å². The number of nitrogens with zero attached hydrogens (tertiary/aromatic N) is 2. The second kappa shape index (κ2) is 3.20. The van der Waals surface area contributed by atoms with Gasteiger partial charge in [-0.1, -0.05) is 6.92 Å². The third-order valence-corrected chi connectivity index (χ3v) is 1.63. The van der Waals surface area contributed by atoms with E-state index in [0.717, 1.165) is 17.9 Å². The third-order valence-electron chi connectivity index (χ3n) is 1.63. The van der Waals surface area contributed by atoms with Crippen molar-refractivity contribution in [1.82, 2.24) is 9.97 Å². The van der Waals surface area contributed by atoms with Gasteiger partial charge < -0.3 is 4.98 Å². The van der Waals surface area contributed by atoms with Crippen LogP contribution in [0.25, 0.3) is 0 Å². The molecule has 1 unspecified atom stereocenters. The van der Waals surface area contributed by atoms with Gasteiger partial charge >= 0.3 is 0 Å². The van der Waals surface area contributed by atoms with E-state index in [9.17, 15) is 0 Å². The molecule has 0 bridgehead atoms. The lowest BCUT2D eigenvalue weighted by molar-refractivity contribution is 0.874. The van der Waals surface area contributed by atoms with Crippen molar-refractivity contribution < 1.29 is 0 Å². The van der Waals surface area contributed by atoms with Crippen LogP contribution in [0.2, 0.25) is 0 Å². The molecule has 0 radical (unpaired) electrons. The molecule has 3 heteroatoms. The number of aromatic nitrogens is 2. The van der Waals surface area contributed by atoms with Gasteiger partial charge in [0.1, 0.15) is 11.7 Å². The Hall–Kier alpha value is -1.30. The summed E-state index contributed by atoms with van der Waals surface area (Å²) in [6, 6.07) is 2.12. The predicted molar refractivity (Wildman–Crippen MR) is 42.0 cm³/mol. The van der Waals surface area contributed by atoms with Gasteiger partial charge in [-0.3, -0.25) is 0 Å². The first-order valence-electron chi connectivity index (χ1n) is 3.71. The number of H-pyrrole nitrogens is 1. The zero-order chi connectivity index (χ0) is 8.27. The summed E-state index contributed by atoms with van der Waals surface area (Å²) in [4.78, 5) is 7.16. The molecule has 1 N–H and O–H groups in total. The number of rotatable bonds is 2. The lowest BCUT2D eigenvalue weighted by atomic mass is 10.2. The minimum atomic E-state index is -0.129. The van der Waals surface area contributed by atoms with Crippen molar-refractivity contribution >= 4 is 0 Å². The van der Waals surface area contributed by atoms with Crippen LogP contribution in [0.3, 0.4) is 0 Å². The Balaban J connectivity index is 2.82. The molecule has 0 saturated carbocycles. The highest BCUT2D eigenvalue weighted by molar-refractivity contribution is 5.10. The van der Waals surface area contributed by atoms with Crippen LogP contribution in [0.4, 0.5) is 0 Å². The maximum atomic E-state index is 8.56. The van der Waals surface area contributed by atoms with Gasteiger partial charge in [-0.2, -0.15) is 5.26 Å². The average Bonchev–Trinajstić information content (AvgIpc) is 2.50. The topological polar surface area (TPSA) is 52.5 Å². The van der Waals surface area contributed by atoms with Crippen LogP contribution in [-0.2, 0) is 6.42 Å². The van der Waals surface area contributed by atoms with Gasteiger partial charge in [0, 0.05) is 11.9 Å². The molecule has 58 valence electrons. The Labute approximate surface area is 66.1 Å². The van der Waals surface area contributed by atoms with E-state index in [1.807, 2.05) is 13.8 Å². The SMILES string of the molecule is CCc1cnc(C(C)C#N)[nH]1. The molecule has 1 atom stereocenters. The highest BCUT2D eigenvalue weighted by Gasteiger charge is 2.06. The summed E-state index contributed by atoms with van der Waals surface area (Å²) >= 11 is 0. The number of hydrogen-bond acceptors (Lipinski definition) is 2. The summed E-state index contributed by atoms with van der Waals surface area (Å²) in [5, 5.41) is 8.56. The van der Waals surface area contributed by atoms with Crippen LogP contribution in [0, 0.1) is 11.3 Å². The van der Waals surface area contributed by atoms with Gasteiger partial charge in [-0.05, 0) is 13.3 Å². The van der Waals surface area contributed by atoms with Gasteiger partial charge in [0.2, 0.25) is 0 Å². The minimum absolute atomic E-state index is 0.129. The van der Waals surface area contributed by atoms with Gasteiger partial charge in [-0.25, -0.2) is 4.98 Å². The second-order valence-corrected chi connectivity index (χ2v) is 2.50. The van der Waals surface area contributed by atoms with E-state index >= 15 is 0 Å². The first-order chi connectivity index (χ1) is 5.27. The zero-order valence-corrected chi connectivity index (χ0v) is 6.76. The predicted octanol–water partition coefficient (Wildman–Crippen LogP) is 1.60. The molecule has 0 saturated heterocycles. The van der Waals surface area contributed by atoms with Crippen LogP contribution in [-0.4, -0.2) is 9.97 Å². The summed E-state index contributed by atoms with van der Waals surface area (Å²) < 4.78 is 0. The molecule has 0 aliphatic heterocycles. The fraction of sp³-hybridized carbons (Fsp3) is 0.500. The Morgan fingerprint density at radius 3 is 3.00 bits per heavy atom. The molecule has 3 nitrogen and oxygen atoms in total. The van der Waals surface area contributed by atoms with Gasteiger partial charge in [-0.15, -0.1) is 0 Å². The Morgan fingerprint density at radius 2 is 2.55 bits per heavy atom. The largest absolute Gasteiger partial charge is 0.345 e. The Morgan fingerprint density at radius 1 is 1.82 bits per heavy atom. The lowest BCUT2D eigenvalue weighted by Gasteiger charge is -1.94. The smallest absolute Gasteiger partial charge is 0.123 e. The summed E-state index contributed by atoms with van der Waals surface area (Å²) in [6.07, 6.45) is 2.72. The molecule has 0 aliphatic rings. The van der Waals surface area contributed by atoms with Gasteiger partial charge in [0.25, 0.3) is 0 Å². The van der Waals surface area contributed by atoms with E-state index in [1.165, 1.54) is 0 Å². The van der Waals surface area contributed by atoms with E-state index < -0.39 is 0 Å². The first-order valence-corrected chi connectivity index (χ1v) is 3.71. The molecule has 1 rings (SSSR count). The Bertz CT molecular complexity index is 269. The van der Waals surface area contributed by atoms with E-state index in [0.29, 0.717) is 0 Å². The Kier molecular flexibility index (Phi) is 2.27. The summed E-state index contributed by atoms with van der Waals surface area (Å²) in [5.74, 6) is 0.639. The maximum Gasteiger partial charge on any atom is 0.123 e. The number of hydrogen-bond donors (Lipinski definition) is 1. The quantitative estimate of drug-likeness (QED) is 0.694. The molecule has 0 aliphatic carbocycles. The third kappa shape index (κ3) is 1.58. The molecule has 1 aromatic heterocycles. The monoisotopic (exact) mass is 149 g/mol. The van der Waals surface area contributed by atoms with Crippen molar-refractivity contribution in [2.75, 3.05) is 0 Å². The molecule has 0 fully saturated rings. The number of nitriles is 1. The summed E-state index contributed by atoms with van der Waals surface area (Å²) in [7, 11) is 0.